The first-order valence-corrected chi connectivity index (χ1v) is 10.8. The number of para-hydroxylation sites is 1. The second-order valence-electron chi connectivity index (χ2n) is 8.21. The molecule has 0 saturated carbocycles. The molecular formula is C28H20N4O. The fraction of sp³-hybridized carbons (Fsp3) is 0.0714. The molecule has 1 aliphatic rings. The van der Waals surface area contributed by atoms with Crippen LogP contribution in [0.1, 0.15) is 22.7 Å². The molecule has 33 heavy (non-hydrogen) atoms. The van der Waals surface area contributed by atoms with Gasteiger partial charge in [0.1, 0.15) is 11.6 Å². The Kier molecular flexibility index (Phi) is 4.21. The maximum Gasteiger partial charge on any atom is 0.229 e. The van der Waals surface area contributed by atoms with Gasteiger partial charge < -0.3 is 10.5 Å². The first kappa shape index (κ1) is 19.1. The topological polar surface area (TPSA) is 76.9 Å². The lowest BCUT2D eigenvalue weighted by atomic mass is 9.79. The van der Waals surface area contributed by atoms with Gasteiger partial charge in [0.25, 0.3) is 0 Å². The lowest BCUT2D eigenvalue weighted by Crippen LogP contribution is -2.22. The van der Waals surface area contributed by atoms with E-state index in [-0.39, 0.29) is 5.88 Å². The first-order valence-electron chi connectivity index (χ1n) is 10.8. The van der Waals surface area contributed by atoms with E-state index in [0.29, 0.717) is 11.5 Å². The van der Waals surface area contributed by atoms with E-state index in [1.807, 2.05) is 61.5 Å². The van der Waals surface area contributed by atoms with E-state index < -0.39 is 5.92 Å². The van der Waals surface area contributed by atoms with Crippen molar-refractivity contribution in [3.63, 3.8) is 0 Å². The number of hydrogen-bond donors (Lipinski definition) is 1. The lowest BCUT2D eigenvalue weighted by Gasteiger charge is -2.27. The molecule has 2 heterocycles. The number of ether oxygens (including phenoxy) is 1. The summed E-state index contributed by atoms with van der Waals surface area (Å²) in [5.74, 6) is 0.272. The van der Waals surface area contributed by atoms with Crippen LogP contribution in [0.15, 0.2) is 96.4 Å². The molecule has 0 amide bonds. The summed E-state index contributed by atoms with van der Waals surface area (Å²) in [4.78, 5) is 0. The van der Waals surface area contributed by atoms with Crippen molar-refractivity contribution in [2.75, 3.05) is 0 Å². The summed E-state index contributed by atoms with van der Waals surface area (Å²) < 4.78 is 7.82. The molecule has 6 rings (SSSR count). The second kappa shape index (κ2) is 7.25. The largest absolute Gasteiger partial charge is 0.422 e. The quantitative estimate of drug-likeness (QED) is 0.366. The lowest BCUT2D eigenvalue weighted by molar-refractivity contribution is 0.367. The number of nitrogens with two attached hydrogens (primary N) is 1. The molecule has 158 valence electrons. The molecule has 5 nitrogen and oxygen atoms in total. The van der Waals surface area contributed by atoms with E-state index in [2.05, 4.69) is 36.4 Å². The van der Waals surface area contributed by atoms with Gasteiger partial charge in [-0.1, -0.05) is 66.7 Å². The molecule has 1 aromatic heterocycles. The molecule has 0 aliphatic carbocycles. The van der Waals surface area contributed by atoms with Gasteiger partial charge in [-0.2, -0.15) is 10.4 Å². The summed E-state index contributed by atoms with van der Waals surface area (Å²) in [5.41, 5.74) is 10.4. The number of aromatic nitrogens is 2. The van der Waals surface area contributed by atoms with E-state index in [9.17, 15) is 5.26 Å². The number of benzene rings is 4. The maximum absolute atomic E-state index is 10.2. The Balaban J connectivity index is 1.74. The Labute approximate surface area is 190 Å². The molecule has 0 unspecified atom stereocenters. The summed E-state index contributed by atoms with van der Waals surface area (Å²) in [7, 11) is 0. The molecule has 0 saturated heterocycles. The Hall–Kier alpha value is -4.56. The summed E-state index contributed by atoms with van der Waals surface area (Å²) in [6.07, 6.45) is 0. The van der Waals surface area contributed by atoms with Crippen molar-refractivity contribution in [2.24, 2.45) is 5.73 Å². The Morgan fingerprint density at radius 2 is 1.48 bits per heavy atom. The van der Waals surface area contributed by atoms with Crippen molar-refractivity contribution in [1.82, 2.24) is 9.78 Å². The summed E-state index contributed by atoms with van der Waals surface area (Å²) >= 11 is 0. The maximum atomic E-state index is 10.2. The monoisotopic (exact) mass is 428 g/mol. The number of nitriles is 1. The molecule has 4 aromatic carbocycles. The van der Waals surface area contributed by atoms with Gasteiger partial charge in [0.2, 0.25) is 11.8 Å². The van der Waals surface area contributed by atoms with Gasteiger partial charge in [0, 0.05) is 0 Å². The zero-order valence-corrected chi connectivity index (χ0v) is 18.0. The van der Waals surface area contributed by atoms with Crippen molar-refractivity contribution in [3.05, 3.63) is 113 Å². The van der Waals surface area contributed by atoms with Crippen LogP contribution in [-0.2, 0) is 0 Å². The van der Waals surface area contributed by atoms with Crippen molar-refractivity contribution in [3.8, 4) is 17.6 Å². The SMILES string of the molecule is Cc1nn(-c2ccccc2)c2c1[C@H](c1c3ccccc3cc3ccccc13)C(C#N)=C(N)O2. The van der Waals surface area contributed by atoms with Crippen molar-refractivity contribution in [1.29, 1.82) is 5.26 Å². The minimum Gasteiger partial charge on any atom is -0.422 e. The first-order chi connectivity index (χ1) is 16.2. The third kappa shape index (κ3) is 2.81. The number of aryl methyl sites for hydroxylation is 1. The van der Waals surface area contributed by atoms with Crippen LogP contribution >= 0.6 is 0 Å². The second-order valence-corrected chi connectivity index (χ2v) is 8.21. The van der Waals surface area contributed by atoms with E-state index in [1.54, 1.807) is 4.68 Å². The number of hydrogen-bond acceptors (Lipinski definition) is 4. The molecule has 5 heteroatoms. The van der Waals surface area contributed by atoms with Gasteiger partial charge in [-0.25, -0.2) is 4.68 Å². The summed E-state index contributed by atoms with van der Waals surface area (Å²) in [5, 5.41) is 19.4. The number of fused-ring (bicyclic) bond motifs is 3. The van der Waals surface area contributed by atoms with Crippen LogP contribution in [0, 0.1) is 18.3 Å². The number of nitrogens with zero attached hydrogens (tertiary/aromatic N) is 3. The zero-order valence-electron chi connectivity index (χ0n) is 18.0. The van der Waals surface area contributed by atoms with Crippen molar-refractivity contribution < 1.29 is 4.74 Å². The van der Waals surface area contributed by atoms with Gasteiger partial charge in [0.15, 0.2) is 0 Å². The van der Waals surface area contributed by atoms with Crippen LogP contribution in [0.25, 0.3) is 27.2 Å². The van der Waals surface area contributed by atoms with Gasteiger partial charge >= 0.3 is 0 Å². The molecule has 2 N–H and O–H groups in total. The predicted molar refractivity (Wildman–Crippen MR) is 129 cm³/mol. The smallest absolute Gasteiger partial charge is 0.229 e. The fourth-order valence-corrected chi connectivity index (χ4v) is 4.91. The van der Waals surface area contributed by atoms with Crippen molar-refractivity contribution in [2.45, 2.75) is 12.8 Å². The third-order valence-electron chi connectivity index (χ3n) is 6.33. The van der Waals surface area contributed by atoms with Crippen LogP contribution in [0.4, 0.5) is 0 Å². The minimum atomic E-state index is -0.396. The van der Waals surface area contributed by atoms with E-state index >= 15 is 0 Å². The minimum absolute atomic E-state index is 0.115. The Morgan fingerprint density at radius 1 is 0.879 bits per heavy atom. The molecule has 0 fully saturated rings. The predicted octanol–water partition coefficient (Wildman–Crippen LogP) is 5.71. The fourth-order valence-electron chi connectivity index (χ4n) is 4.91. The van der Waals surface area contributed by atoms with Crippen molar-refractivity contribution >= 4 is 21.5 Å². The van der Waals surface area contributed by atoms with Crippen LogP contribution in [0.3, 0.4) is 0 Å². The number of allylic oxidation sites excluding steroid dienone is 1. The zero-order chi connectivity index (χ0) is 22.5. The summed E-state index contributed by atoms with van der Waals surface area (Å²) in [6, 6.07) is 30.9. The average molecular weight is 428 g/mol. The molecular weight excluding hydrogens is 408 g/mol. The standard InChI is InChI=1S/C28H20N4O/c1-17-24-26(25-21-13-7-5-9-18(21)15-19-10-6-8-14-22(19)25)23(16-29)27(30)33-28(24)32(31-17)20-11-3-2-4-12-20/h2-15,26H,30H2,1H3/t26-/m1/s1. The van der Waals surface area contributed by atoms with Crippen LogP contribution in [0.2, 0.25) is 0 Å². The van der Waals surface area contributed by atoms with Crippen LogP contribution < -0.4 is 10.5 Å². The molecule has 0 radical (unpaired) electrons. The number of rotatable bonds is 2. The highest BCUT2D eigenvalue weighted by Gasteiger charge is 2.37. The molecule has 0 bridgehead atoms. The van der Waals surface area contributed by atoms with Crippen LogP contribution in [0.5, 0.6) is 5.88 Å². The Morgan fingerprint density at radius 3 is 2.12 bits per heavy atom. The normalized spacial score (nSPS) is 15.3. The molecule has 1 atom stereocenters. The highest BCUT2D eigenvalue weighted by molar-refractivity contribution is 6.03. The molecule has 1 aliphatic heterocycles. The van der Waals surface area contributed by atoms with Gasteiger partial charge in [0.05, 0.1) is 22.9 Å². The Bertz CT molecular complexity index is 1570. The molecule has 0 spiro atoms. The van der Waals surface area contributed by atoms with Gasteiger partial charge in [-0.3, -0.25) is 0 Å². The average Bonchev–Trinajstić information content (AvgIpc) is 3.18. The van der Waals surface area contributed by atoms with E-state index in [0.717, 1.165) is 44.1 Å². The van der Waals surface area contributed by atoms with Gasteiger partial charge in [-0.15, -0.1) is 0 Å². The van der Waals surface area contributed by atoms with Gasteiger partial charge in [-0.05, 0) is 52.2 Å². The molecule has 5 aromatic rings. The van der Waals surface area contributed by atoms with E-state index in [1.165, 1.54) is 0 Å². The highest BCUT2D eigenvalue weighted by Crippen LogP contribution is 2.48. The van der Waals surface area contributed by atoms with Crippen LogP contribution in [-0.4, -0.2) is 9.78 Å². The van der Waals surface area contributed by atoms with E-state index in [4.69, 9.17) is 15.6 Å². The summed E-state index contributed by atoms with van der Waals surface area (Å²) in [6.45, 7) is 1.96. The third-order valence-corrected chi connectivity index (χ3v) is 6.33. The highest BCUT2D eigenvalue weighted by atomic mass is 16.5.